The van der Waals surface area contributed by atoms with Crippen molar-refractivity contribution in [3.05, 3.63) is 83.1 Å². The molecule has 6 heteroatoms. The Balaban J connectivity index is 1.69. The van der Waals surface area contributed by atoms with Gasteiger partial charge in [0, 0.05) is 41.6 Å². The molecular weight excluding hydrogens is 364 g/mol. The Morgan fingerprint density at radius 2 is 1.93 bits per heavy atom. The van der Waals surface area contributed by atoms with E-state index in [2.05, 4.69) is 22.2 Å². The first-order valence-electron chi connectivity index (χ1n) is 9.49. The lowest BCUT2D eigenvalue weighted by Gasteiger charge is -2.19. The molecule has 2 heterocycles. The van der Waals surface area contributed by atoms with Crippen LogP contribution in [0.4, 0.5) is 0 Å². The summed E-state index contributed by atoms with van der Waals surface area (Å²) in [7, 11) is 3.55. The molecule has 148 valence electrons. The molecule has 2 aromatic carbocycles. The number of rotatable bonds is 5. The van der Waals surface area contributed by atoms with Gasteiger partial charge in [0.25, 0.3) is 5.91 Å². The molecule has 0 saturated heterocycles. The number of aryl methyl sites for hydroxylation is 3. The van der Waals surface area contributed by atoms with Gasteiger partial charge in [-0.3, -0.25) is 4.79 Å². The van der Waals surface area contributed by atoms with Crippen LogP contribution >= 0.6 is 0 Å². The molecule has 29 heavy (non-hydrogen) atoms. The monoisotopic (exact) mass is 388 g/mol. The normalized spacial score (nSPS) is 12.1. The number of hydrogen-bond donors (Lipinski definition) is 2. The molecule has 0 radical (unpaired) electrons. The zero-order valence-corrected chi connectivity index (χ0v) is 17.0. The average Bonchev–Trinajstić information content (AvgIpc) is 3.28. The molecule has 1 atom stereocenters. The second-order valence-electron chi connectivity index (χ2n) is 7.21. The van der Waals surface area contributed by atoms with Crippen LogP contribution in [-0.2, 0) is 7.05 Å². The molecule has 0 unspecified atom stereocenters. The zero-order chi connectivity index (χ0) is 20.5. The van der Waals surface area contributed by atoms with Crippen molar-refractivity contribution >= 4 is 16.8 Å². The van der Waals surface area contributed by atoms with Gasteiger partial charge in [-0.2, -0.15) is 0 Å². The third kappa shape index (κ3) is 3.49. The summed E-state index contributed by atoms with van der Waals surface area (Å²) in [4.78, 5) is 20.9. The number of aromatic nitrogens is 3. The highest BCUT2D eigenvalue weighted by Gasteiger charge is 2.22. The van der Waals surface area contributed by atoms with Crippen LogP contribution in [0, 0.1) is 13.8 Å². The number of nitrogens with zero attached hydrogens (tertiary/aromatic N) is 2. The van der Waals surface area contributed by atoms with Crippen molar-refractivity contribution in [2.75, 3.05) is 7.11 Å². The molecule has 1 amide bonds. The topological polar surface area (TPSA) is 71.9 Å². The van der Waals surface area contributed by atoms with E-state index >= 15 is 0 Å². The van der Waals surface area contributed by atoms with Gasteiger partial charge in [0.2, 0.25) is 0 Å². The van der Waals surface area contributed by atoms with Crippen LogP contribution in [0.25, 0.3) is 10.9 Å². The van der Waals surface area contributed by atoms with Crippen molar-refractivity contribution in [3.8, 4) is 5.75 Å². The smallest absolute Gasteiger partial charge is 0.252 e. The van der Waals surface area contributed by atoms with Crippen molar-refractivity contribution in [3.63, 3.8) is 0 Å². The second-order valence-corrected chi connectivity index (χ2v) is 7.21. The maximum atomic E-state index is 13.1. The van der Waals surface area contributed by atoms with E-state index < -0.39 is 0 Å². The van der Waals surface area contributed by atoms with Crippen LogP contribution < -0.4 is 10.1 Å². The minimum Gasteiger partial charge on any atom is -0.497 e. The fourth-order valence-electron chi connectivity index (χ4n) is 3.57. The van der Waals surface area contributed by atoms with E-state index in [0.717, 1.165) is 39.3 Å². The molecule has 4 rings (SSSR count). The summed E-state index contributed by atoms with van der Waals surface area (Å²) in [5, 5.41) is 4.21. The number of carbonyl (C=O) groups excluding carboxylic acids is 1. The van der Waals surface area contributed by atoms with Gasteiger partial charge >= 0.3 is 0 Å². The van der Waals surface area contributed by atoms with Crippen molar-refractivity contribution in [1.29, 1.82) is 0 Å². The minimum atomic E-state index is -0.377. The number of ether oxygens (including phenoxy) is 1. The van der Waals surface area contributed by atoms with Gasteiger partial charge in [-0.15, -0.1) is 0 Å². The van der Waals surface area contributed by atoms with Gasteiger partial charge in [0.05, 0.1) is 7.11 Å². The quantitative estimate of drug-likeness (QED) is 0.542. The molecule has 0 saturated carbocycles. The van der Waals surface area contributed by atoms with E-state index in [9.17, 15) is 4.79 Å². The third-order valence-corrected chi connectivity index (χ3v) is 5.41. The molecule has 0 aliphatic heterocycles. The van der Waals surface area contributed by atoms with Crippen LogP contribution in [0.2, 0.25) is 0 Å². The lowest BCUT2D eigenvalue weighted by atomic mass is 10.0. The first-order chi connectivity index (χ1) is 14.0. The molecule has 0 fully saturated rings. The zero-order valence-electron chi connectivity index (χ0n) is 17.0. The first-order valence-corrected chi connectivity index (χ1v) is 9.49. The maximum absolute atomic E-state index is 13.1. The lowest BCUT2D eigenvalue weighted by molar-refractivity contribution is 0.0941. The first kappa shape index (κ1) is 18.8. The van der Waals surface area contributed by atoms with Gasteiger partial charge in [-0.1, -0.05) is 12.1 Å². The second kappa shape index (κ2) is 7.47. The SMILES string of the molecule is COc1ccc([C@@H](NC(=O)c2ccc3[nH]c(C)c(C)c3c2)c2nccn2C)cc1. The third-order valence-electron chi connectivity index (χ3n) is 5.41. The maximum Gasteiger partial charge on any atom is 0.252 e. The van der Waals surface area contributed by atoms with Crippen LogP contribution in [0.3, 0.4) is 0 Å². The Morgan fingerprint density at radius 3 is 2.59 bits per heavy atom. The van der Waals surface area contributed by atoms with Crippen molar-refractivity contribution < 1.29 is 9.53 Å². The van der Waals surface area contributed by atoms with Crippen LogP contribution in [0.1, 0.15) is 39.0 Å². The number of fused-ring (bicyclic) bond motifs is 1. The van der Waals surface area contributed by atoms with E-state index in [1.807, 2.05) is 67.2 Å². The van der Waals surface area contributed by atoms with Crippen molar-refractivity contribution in [1.82, 2.24) is 19.9 Å². The number of benzene rings is 2. The number of methoxy groups -OCH3 is 1. The van der Waals surface area contributed by atoms with Crippen LogP contribution in [0.5, 0.6) is 5.75 Å². The minimum absolute atomic E-state index is 0.144. The average molecular weight is 388 g/mol. The number of imidazole rings is 1. The van der Waals surface area contributed by atoms with Gasteiger partial charge < -0.3 is 19.6 Å². The summed E-state index contributed by atoms with van der Waals surface area (Å²) in [6, 6.07) is 13.0. The molecule has 4 aromatic rings. The lowest BCUT2D eigenvalue weighted by Crippen LogP contribution is -2.31. The number of aromatic amines is 1. The predicted octanol–water partition coefficient (Wildman–Crippen LogP) is 4.05. The fourth-order valence-corrected chi connectivity index (χ4v) is 3.57. The molecule has 2 N–H and O–H groups in total. The Kier molecular flexibility index (Phi) is 4.84. The van der Waals surface area contributed by atoms with E-state index in [1.165, 1.54) is 0 Å². The number of carbonyl (C=O) groups is 1. The van der Waals surface area contributed by atoms with E-state index in [0.29, 0.717) is 5.56 Å². The van der Waals surface area contributed by atoms with Gasteiger partial charge in [-0.05, 0) is 55.3 Å². The summed E-state index contributed by atoms with van der Waals surface area (Å²) in [5.41, 5.74) is 4.86. The van der Waals surface area contributed by atoms with Crippen molar-refractivity contribution in [2.24, 2.45) is 7.05 Å². The largest absolute Gasteiger partial charge is 0.497 e. The molecule has 0 aliphatic carbocycles. The Morgan fingerprint density at radius 1 is 1.17 bits per heavy atom. The molecule has 0 bridgehead atoms. The number of hydrogen-bond acceptors (Lipinski definition) is 3. The van der Waals surface area contributed by atoms with Crippen LogP contribution in [-0.4, -0.2) is 27.6 Å². The number of H-pyrrole nitrogens is 1. The summed E-state index contributed by atoms with van der Waals surface area (Å²) >= 11 is 0. The molecular formula is C23H24N4O2. The highest BCUT2D eigenvalue weighted by molar-refractivity contribution is 5.99. The fraction of sp³-hybridized carbons (Fsp3) is 0.217. The molecule has 6 nitrogen and oxygen atoms in total. The van der Waals surface area contributed by atoms with E-state index in [1.54, 1.807) is 13.3 Å². The molecule has 0 spiro atoms. The van der Waals surface area contributed by atoms with Gasteiger partial charge in [-0.25, -0.2) is 4.98 Å². The van der Waals surface area contributed by atoms with E-state index in [4.69, 9.17) is 4.74 Å². The van der Waals surface area contributed by atoms with Gasteiger partial charge in [0.15, 0.2) is 0 Å². The summed E-state index contributed by atoms with van der Waals surface area (Å²) < 4.78 is 7.17. The Hall–Kier alpha value is -3.54. The Labute approximate surface area is 169 Å². The molecule has 0 aliphatic rings. The Bertz CT molecular complexity index is 1170. The van der Waals surface area contributed by atoms with Gasteiger partial charge in [0.1, 0.15) is 17.6 Å². The standard InChI is InChI=1S/C23H24N4O2/c1-14-15(2)25-20-10-7-17(13-19(14)20)23(28)26-21(22-24-11-12-27(22)3)16-5-8-18(29-4)9-6-16/h5-13,21,25H,1-4H3,(H,26,28)/t21-/m1/s1. The van der Waals surface area contributed by atoms with E-state index in [-0.39, 0.29) is 11.9 Å². The van der Waals surface area contributed by atoms with Crippen molar-refractivity contribution in [2.45, 2.75) is 19.9 Å². The predicted molar refractivity (Wildman–Crippen MR) is 113 cm³/mol. The highest BCUT2D eigenvalue weighted by atomic mass is 16.5. The highest BCUT2D eigenvalue weighted by Crippen LogP contribution is 2.25. The van der Waals surface area contributed by atoms with Crippen LogP contribution in [0.15, 0.2) is 54.9 Å². The number of nitrogens with one attached hydrogen (secondary N) is 2. The molecule has 2 aromatic heterocycles. The summed E-state index contributed by atoms with van der Waals surface area (Å²) in [6.07, 6.45) is 3.60. The summed E-state index contributed by atoms with van der Waals surface area (Å²) in [6.45, 7) is 4.10. The number of amides is 1. The summed E-state index contributed by atoms with van der Waals surface area (Å²) in [5.74, 6) is 1.38.